The predicted octanol–water partition coefficient (Wildman–Crippen LogP) is 2.73. The zero-order chi connectivity index (χ0) is 19.1. The molecule has 0 spiro atoms. The molecule has 3 atom stereocenters. The Morgan fingerprint density at radius 1 is 1.22 bits per heavy atom. The van der Waals surface area contributed by atoms with Crippen molar-refractivity contribution in [1.82, 2.24) is 10.2 Å². The Labute approximate surface area is 162 Å². The van der Waals surface area contributed by atoms with Crippen LogP contribution in [0.15, 0.2) is 18.2 Å². The lowest BCUT2D eigenvalue weighted by atomic mass is 9.84. The zero-order valence-electron chi connectivity index (χ0n) is 14.9. The number of urea groups is 1. The van der Waals surface area contributed by atoms with E-state index in [0.717, 1.165) is 25.7 Å². The van der Waals surface area contributed by atoms with E-state index in [2.05, 4.69) is 5.32 Å². The van der Waals surface area contributed by atoms with Gasteiger partial charge in [0.2, 0.25) is 0 Å². The summed E-state index contributed by atoms with van der Waals surface area (Å²) in [6.07, 6.45) is 4.36. The predicted molar refractivity (Wildman–Crippen MR) is 100 cm³/mol. The number of hydrogen-bond acceptors (Lipinski definition) is 3. The van der Waals surface area contributed by atoms with E-state index in [1.807, 2.05) is 0 Å². The number of likely N-dealkylation sites (tertiary alicyclic amines) is 1. The van der Waals surface area contributed by atoms with Crippen molar-refractivity contribution in [3.63, 3.8) is 0 Å². The molecule has 3 fully saturated rings. The molecule has 2 aliphatic heterocycles. The van der Waals surface area contributed by atoms with E-state index in [1.54, 1.807) is 23.1 Å². The van der Waals surface area contributed by atoms with Crippen molar-refractivity contribution >= 4 is 35.2 Å². The van der Waals surface area contributed by atoms with Crippen LogP contribution in [0.25, 0.3) is 0 Å². The molecule has 1 saturated carbocycles. The van der Waals surface area contributed by atoms with E-state index in [1.165, 1.54) is 4.90 Å². The molecule has 0 aromatic heterocycles. The lowest BCUT2D eigenvalue weighted by Gasteiger charge is -2.33. The highest BCUT2D eigenvalue weighted by atomic mass is 35.5. The van der Waals surface area contributed by atoms with Crippen molar-refractivity contribution in [1.29, 1.82) is 0 Å². The van der Waals surface area contributed by atoms with Gasteiger partial charge in [-0.2, -0.15) is 0 Å². The summed E-state index contributed by atoms with van der Waals surface area (Å²) < 4.78 is 0. The van der Waals surface area contributed by atoms with Crippen LogP contribution in [-0.4, -0.2) is 53.1 Å². The summed E-state index contributed by atoms with van der Waals surface area (Å²) in [7, 11) is 0. The van der Waals surface area contributed by atoms with Crippen molar-refractivity contribution in [2.45, 2.75) is 44.2 Å². The minimum Gasteiger partial charge on any atom is -0.480 e. The number of amides is 3. The van der Waals surface area contributed by atoms with Gasteiger partial charge in [0.25, 0.3) is 5.91 Å². The average molecular weight is 392 g/mol. The molecule has 1 aromatic rings. The molecule has 27 heavy (non-hydrogen) atoms. The van der Waals surface area contributed by atoms with Gasteiger partial charge in [0.05, 0.1) is 10.6 Å². The van der Waals surface area contributed by atoms with Gasteiger partial charge in [-0.05, 0) is 43.4 Å². The first-order valence-corrected chi connectivity index (χ1v) is 9.75. The highest BCUT2D eigenvalue weighted by Gasteiger charge is 2.48. The van der Waals surface area contributed by atoms with Crippen LogP contribution in [-0.2, 0) is 4.79 Å². The van der Waals surface area contributed by atoms with Crippen molar-refractivity contribution in [3.05, 3.63) is 28.8 Å². The summed E-state index contributed by atoms with van der Waals surface area (Å²) in [6.45, 7) is 1.06. The molecule has 0 radical (unpaired) electrons. The molecule has 0 bridgehead atoms. The number of carbonyl (C=O) groups excluding carboxylic acids is 2. The first-order chi connectivity index (χ1) is 13.0. The van der Waals surface area contributed by atoms with Crippen LogP contribution < -0.4 is 10.2 Å². The third-order valence-electron chi connectivity index (χ3n) is 5.96. The number of nitrogens with one attached hydrogen (secondary N) is 1. The zero-order valence-corrected chi connectivity index (χ0v) is 15.6. The lowest BCUT2D eigenvalue weighted by Crippen LogP contribution is -2.46. The van der Waals surface area contributed by atoms with Crippen molar-refractivity contribution in [3.8, 4) is 0 Å². The molecule has 3 aliphatic rings. The maximum Gasteiger partial charge on any atom is 0.326 e. The Morgan fingerprint density at radius 2 is 2.00 bits per heavy atom. The Bertz CT molecular complexity index is 799. The van der Waals surface area contributed by atoms with E-state index in [-0.39, 0.29) is 34.5 Å². The van der Waals surface area contributed by atoms with Gasteiger partial charge in [-0.15, -0.1) is 0 Å². The van der Waals surface area contributed by atoms with Crippen LogP contribution in [0.3, 0.4) is 0 Å². The minimum atomic E-state index is -0.969. The summed E-state index contributed by atoms with van der Waals surface area (Å²) in [5, 5.41) is 12.7. The van der Waals surface area contributed by atoms with E-state index in [4.69, 9.17) is 11.6 Å². The standard InChI is InChI=1S/C19H22ClN3O4/c20-14-6-5-12(22-8-7-21-19(22)27)10-13(14)17(24)23-15-4-2-1-3-11(15)9-16(23)18(25)26/h5-6,10-11,15-16H,1-4,7-9H2,(H,21,27)(H,25,26)/t11-,15+,16+/m1/s1. The highest BCUT2D eigenvalue weighted by molar-refractivity contribution is 6.34. The highest BCUT2D eigenvalue weighted by Crippen LogP contribution is 2.41. The van der Waals surface area contributed by atoms with Gasteiger partial charge < -0.3 is 15.3 Å². The number of carboxylic acids is 1. The molecule has 0 unspecified atom stereocenters. The smallest absolute Gasteiger partial charge is 0.326 e. The Morgan fingerprint density at radius 3 is 2.70 bits per heavy atom. The summed E-state index contributed by atoms with van der Waals surface area (Å²) in [5.41, 5.74) is 0.843. The molecule has 8 heteroatoms. The summed E-state index contributed by atoms with van der Waals surface area (Å²) in [5.74, 6) is -1.10. The van der Waals surface area contributed by atoms with E-state index in [0.29, 0.717) is 25.2 Å². The third-order valence-corrected chi connectivity index (χ3v) is 6.29. The number of aliphatic carboxylic acids is 1. The van der Waals surface area contributed by atoms with Crippen LogP contribution in [0, 0.1) is 5.92 Å². The number of halogens is 1. The molecule has 2 saturated heterocycles. The Balaban J connectivity index is 1.68. The summed E-state index contributed by atoms with van der Waals surface area (Å²) >= 11 is 6.30. The molecule has 4 rings (SSSR count). The van der Waals surface area contributed by atoms with E-state index < -0.39 is 12.0 Å². The monoisotopic (exact) mass is 391 g/mol. The number of fused-ring (bicyclic) bond motifs is 1. The van der Waals surface area contributed by atoms with E-state index >= 15 is 0 Å². The van der Waals surface area contributed by atoms with Gasteiger partial charge in [-0.3, -0.25) is 9.69 Å². The number of benzene rings is 1. The number of anilines is 1. The molecule has 1 aromatic carbocycles. The molecule has 7 nitrogen and oxygen atoms in total. The van der Waals surface area contributed by atoms with Gasteiger partial charge in [0, 0.05) is 24.8 Å². The average Bonchev–Trinajstić information content (AvgIpc) is 3.25. The van der Waals surface area contributed by atoms with Crippen LogP contribution >= 0.6 is 11.6 Å². The van der Waals surface area contributed by atoms with Crippen LogP contribution in [0.2, 0.25) is 5.02 Å². The summed E-state index contributed by atoms with van der Waals surface area (Å²) in [6, 6.07) is 3.81. The molecule has 144 valence electrons. The minimum absolute atomic E-state index is 0.0536. The maximum atomic E-state index is 13.3. The molecule has 2 N–H and O–H groups in total. The molecule has 2 heterocycles. The molecule has 1 aliphatic carbocycles. The fourth-order valence-corrected chi connectivity index (χ4v) is 4.87. The van der Waals surface area contributed by atoms with Gasteiger partial charge in [0.1, 0.15) is 6.04 Å². The number of rotatable bonds is 3. The first kappa shape index (κ1) is 18.1. The number of hydrogen-bond donors (Lipinski definition) is 2. The molecule has 3 amide bonds. The van der Waals surface area contributed by atoms with Crippen LogP contribution in [0.1, 0.15) is 42.5 Å². The van der Waals surface area contributed by atoms with Crippen LogP contribution in [0.4, 0.5) is 10.5 Å². The number of carboxylic acid groups (broad SMARTS) is 1. The fourth-order valence-electron chi connectivity index (χ4n) is 4.67. The normalized spacial score (nSPS) is 27.4. The SMILES string of the molecule is O=C(O)[C@@H]1C[C@H]2CCCC[C@@H]2N1C(=O)c1cc(N2CCNC2=O)ccc1Cl. The van der Waals surface area contributed by atoms with Gasteiger partial charge >= 0.3 is 12.0 Å². The summed E-state index contributed by atoms with van der Waals surface area (Å²) in [4.78, 5) is 40.2. The van der Waals surface area contributed by atoms with Gasteiger partial charge in [0.15, 0.2) is 0 Å². The second-order valence-corrected chi connectivity index (χ2v) is 7.87. The quantitative estimate of drug-likeness (QED) is 0.828. The number of carbonyl (C=O) groups is 3. The largest absolute Gasteiger partial charge is 0.480 e. The number of nitrogens with zero attached hydrogens (tertiary/aromatic N) is 2. The first-order valence-electron chi connectivity index (χ1n) is 9.37. The third kappa shape index (κ3) is 3.14. The Hall–Kier alpha value is -2.28. The topological polar surface area (TPSA) is 89.9 Å². The van der Waals surface area contributed by atoms with Gasteiger partial charge in [-0.25, -0.2) is 9.59 Å². The fraction of sp³-hybridized carbons (Fsp3) is 0.526. The van der Waals surface area contributed by atoms with Crippen molar-refractivity contribution < 1.29 is 19.5 Å². The molecular formula is C19H22ClN3O4. The second kappa shape index (κ2) is 7.03. The maximum absolute atomic E-state index is 13.3. The van der Waals surface area contributed by atoms with Crippen molar-refractivity contribution in [2.75, 3.05) is 18.0 Å². The van der Waals surface area contributed by atoms with Crippen molar-refractivity contribution in [2.24, 2.45) is 5.92 Å². The van der Waals surface area contributed by atoms with Crippen LogP contribution in [0.5, 0.6) is 0 Å². The Kier molecular flexibility index (Phi) is 4.72. The lowest BCUT2D eigenvalue weighted by molar-refractivity contribution is -0.141. The van der Waals surface area contributed by atoms with Gasteiger partial charge in [-0.1, -0.05) is 24.4 Å². The molecular weight excluding hydrogens is 370 g/mol. The second-order valence-electron chi connectivity index (χ2n) is 7.46. The van der Waals surface area contributed by atoms with E-state index in [9.17, 15) is 19.5 Å².